The summed E-state index contributed by atoms with van der Waals surface area (Å²) in [4.78, 5) is 3.33. The zero-order chi connectivity index (χ0) is 14.9. The molecule has 0 amide bonds. The van der Waals surface area contributed by atoms with Crippen LogP contribution in [0.5, 0.6) is 0 Å². The van der Waals surface area contributed by atoms with Crippen LogP contribution in [0.1, 0.15) is 30.7 Å². The topological polar surface area (TPSA) is 46.3 Å². The van der Waals surface area contributed by atoms with Crippen LogP contribution < -0.4 is 0 Å². The molecular weight excluding hydrogens is 294 g/mol. The number of piperidine rings is 1. The van der Waals surface area contributed by atoms with E-state index in [-0.39, 0.29) is 0 Å². The second-order valence-corrected chi connectivity index (χ2v) is 6.83. The summed E-state index contributed by atoms with van der Waals surface area (Å²) in [5, 5.41) is 14.4. The van der Waals surface area contributed by atoms with Crippen LogP contribution >= 0.6 is 11.3 Å². The van der Waals surface area contributed by atoms with Crippen molar-refractivity contribution in [1.29, 1.82) is 0 Å². The molecule has 1 aliphatic heterocycles. The first kappa shape index (κ1) is 13.8. The van der Waals surface area contributed by atoms with E-state index in [1.807, 2.05) is 4.52 Å². The number of hydrogen-bond donors (Lipinski definition) is 0. The van der Waals surface area contributed by atoms with Gasteiger partial charge in [-0.25, -0.2) is 0 Å². The van der Waals surface area contributed by atoms with Crippen molar-refractivity contribution in [2.24, 2.45) is 0 Å². The minimum atomic E-state index is 0.845. The maximum Gasteiger partial charge on any atom is 0.235 e. The third-order valence-corrected chi connectivity index (χ3v) is 5.18. The van der Waals surface area contributed by atoms with E-state index in [2.05, 4.69) is 46.3 Å². The molecule has 1 fully saturated rings. The summed E-state index contributed by atoms with van der Waals surface area (Å²) >= 11 is 1.61. The van der Waals surface area contributed by atoms with E-state index >= 15 is 0 Å². The number of hydrogen-bond acceptors (Lipinski definition) is 5. The van der Waals surface area contributed by atoms with Crippen molar-refractivity contribution >= 4 is 16.3 Å². The minimum Gasteiger partial charge on any atom is -0.296 e. The Balaban J connectivity index is 1.66. The predicted molar refractivity (Wildman–Crippen MR) is 88.0 cm³/mol. The number of benzene rings is 1. The average Bonchev–Trinajstić information content (AvgIpc) is 3.11. The Labute approximate surface area is 133 Å². The molecule has 6 heteroatoms. The summed E-state index contributed by atoms with van der Waals surface area (Å²) < 4.78 is 1.92. The van der Waals surface area contributed by atoms with E-state index in [1.54, 1.807) is 11.3 Å². The zero-order valence-electron chi connectivity index (χ0n) is 12.7. The van der Waals surface area contributed by atoms with Gasteiger partial charge in [-0.15, -0.1) is 10.2 Å². The lowest BCUT2D eigenvalue weighted by Crippen LogP contribution is -2.30. The highest BCUT2D eigenvalue weighted by Gasteiger charge is 2.17. The second-order valence-electron chi connectivity index (χ2n) is 5.87. The third kappa shape index (κ3) is 2.53. The summed E-state index contributed by atoms with van der Waals surface area (Å²) in [6, 6.07) is 8.35. The Morgan fingerprint density at radius 2 is 1.91 bits per heavy atom. The standard InChI is InChI=1S/C16H19N5S/c1-12-7-3-4-8-13(12)15-19-21-14(17-18-16(21)22-15)11-20-9-5-2-6-10-20/h3-4,7-8H,2,5-6,9-11H2,1H3. The fourth-order valence-corrected chi connectivity index (χ4v) is 3.94. The first-order chi connectivity index (χ1) is 10.8. The molecule has 22 heavy (non-hydrogen) atoms. The molecule has 0 radical (unpaired) electrons. The first-order valence-corrected chi connectivity index (χ1v) is 8.62. The van der Waals surface area contributed by atoms with E-state index in [1.165, 1.54) is 30.4 Å². The summed E-state index contributed by atoms with van der Waals surface area (Å²) in [6.45, 7) is 5.28. The molecule has 0 saturated carbocycles. The molecule has 0 N–H and O–H groups in total. The first-order valence-electron chi connectivity index (χ1n) is 7.81. The molecule has 1 aliphatic rings. The molecule has 5 nitrogen and oxygen atoms in total. The molecule has 0 spiro atoms. The van der Waals surface area contributed by atoms with Crippen LogP contribution in [-0.2, 0) is 6.54 Å². The molecule has 1 saturated heterocycles. The predicted octanol–water partition coefficient (Wildman–Crippen LogP) is 3.15. The normalized spacial score (nSPS) is 16.4. The van der Waals surface area contributed by atoms with Crippen molar-refractivity contribution < 1.29 is 0 Å². The van der Waals surface area contributed by atoms with Crippen LogP contribution in [0.2, 0.25) is 0 Å². The molecular formula is C16H19N5S. The highest BCUT2D eigenvalue weighted by molar-refractivity contribution is 7.19. The van der Waals surface area contributed by atoms with Gasteiger partial charge in [0.05, 0.1) is 6.54 Å². The van der Waals surface area contributed by atoms with Crippen molar-refractivity contribution in [3.05, 3.63) is 35.7 Å². The zero-order valence-corrected chi connectivity index (χ0v) is 13.5. The lowest BCUT2D eigenvalue weighted by Gasteiger charge is -2.25. The molecule has 1 aromatic carbocycles. The van der Waals surface area contributed by atoms with Gasteiger partial charge >= 0.3 is 0 Å². The van der Waals surface area contributed by atoms with Crippen molar-refractivity contribution in [2.45, 2.75) is 32.7 Å². The minimum absolute atomic E-state index is 0.845. The lowest BCUT2D eigenvalue weighted by molar-refractivity contribution is 0.214. The van der Waals surface area contributed by atoms with Gasteiger partial charge in [-0.1, -0.05) is 42.0 Å². The van der Waals surface area contributed by atoms with Gasteiger partial charge in [0, 0.05) is 5.56 Å². The van der Waals surface area contributed by atoms with Crippen molar-refractivity contribution in [3.63, 3.8) is 0 Å². The molecule has 2 aromatic heterocycles. The van der Waals surface area contributed by atoms with E-state index in [0.29, 0.717) is 0 Å². The van der Waals surface area contributed by atoms with E-state index in [0.717, 1.165) is 35.4 Å². The van der Waals surface area contributed by atoms with Crippen LogP contribution in [0, 0.1) is 6.92 Å². The molecule has 0 unspecified atom stereocenters. The van der Waals surface area contributed by atoms with Crippen LogP contribution in [0.15, 0.2) is 24.3 Å². The van der Waals surface area contributed by atoms with Crippen molar-refractivity contribution in [1.82, 2.24) is 24.7 Å². The largest absolute Gasteiger partial charge is 0.296 e. The van der Waals surface area contributed by atoms with Gasteiger partial charge < -0.3 is 0 Å². The van der Waals surface area contributed by atoms with Crippen LogP contribution in [0.4, 0.5) is 0 Å². The van der Waals surface area contributed by atoms with Gasteiger partial charge in [0.2, 0.25) is 4.96 Å². The second kappa shape index (κ2) is 5.78. The van der Waals surface area contributed by atoms with E-state index in [4.69, 9.17) is 5.10 Å². The SMILES string of the molecule is Cc1ccccc1-c1nn2c(CN3CCCCC3)nnc2s1. The Hall–Kier alpha value is -1.79. The Morgan fingerprint density at radius 3 is 2.73 bits per heavy atom. The van der Waals surface area contributed by atoms with Crippen LogP contribution in [0.25, 0.3) is 15.5 Å². The highest BCUT2D eigenvalue weighted by Crippen LogP contribution is 2.28. The summed E-state index contributed by atoms with van der Waals surface area (Å²) in [6.07, 6.45) is 3.92. The van der Waals surface area contributed by atoms with Crippen molar-refractivity contribution in [3.8, 4) is 10.6 Å². The Bertz CT molecular complexity index is 785. The van der Waals surface area contributed by atoms with E-state index in [9.17, 15) is 0 Å². The fourth-order valence-electron chi connectivity index (χ4n) is 3.00. The smallest absolute Gasteiger partial charge is 0.235 e. The van der Waals surface area contributed by atoms with Gasteiger partial charge in [0.15, 0.2) is 5.82 Å². The Kier molecular flexibility index (Phi) is 3.63. The van der Waals surface area contributed by atoms with Gasteiger partial charge in [-0.3, -0.25) is 4.90 Å². The molecule has 3 heterocycles. The number of aryl methyl sites for hydroxylation is 1. The van der Waals surface area contributed by atoms with E-state index < -0.39 is 0 Å². The number of nitrogens with zero attached hydrogens (tertiary/aromatic N) is 5. The molecule has 3 aromatic rings. The third-order valence-electron chi connectivity index (χ3n) is 4.24. The molecule has 0 bridgehead atoms. The molecule has 4 rings (SSSR count). The van der Waals surface area contributed by atoms with Gasteiger partial charge in [-0.2, -0.15) is 9.61 Å². The van der Waals surface area contributed by atoms with Crippen LogP contribution in [-0.4, -0.2) is 37.8 Å². The van der Waals surface area contributed by atoms with Gasteiger partial charge in [-0.05, 0) is 38.4 Å². The summed E-state index contributed by atoms with van der Waals surface area (Å²) in [5.74, 6) is 0.952. The molecule has 0 aliphatic carbocycles. The molecule has 0 atom stereocenters. The summed E-state index contributed by atoms with van der Waals surface area (Å²) in [5.41, 5.74) is 2.42. The quantitative estimate of drug-likeness (QED) is 0.745. The van der Waals surface area contributed by atoms with Gasteiger partial charge in [0.1, 0.15) is 5.01 Å². The number of aromatic nitrogens is 4. The van der Waals surface area contributed by atoms with Crippen LogP contribution in [0.3, 0.4) is 0 Å². The molecule has 114 valence electrons. The van der Waals surface area contributed by atoms with Crippen molar-refractivity contribution in [2.75, 3.05) is 13.1 Å². The average molecular weight is 313 g/mol. The Morgan fingerprint density at radius 1 is 1.09 bits per heavy atom. The monoisotopic (exact) mass is 313 g/mol. The number of fused-ring (bicyclic) bond motifs is 1. The number of rotatable bonds is 3. The fraction of sp³-hybridized carbons (Fsp3) is 0.438. The number of likely N-dealkylation sites (tertiary alicyclic amines) is 1. The maximum absolute atomic E-state index is 4.75. The maximum atomic E-state index is 4.75. The lowest BCUT2D eigenvalue weighted by atomic mass is 10.1. The summed E-state index contributed by atoms with van der Waals surface area (Å²) in [7, 11) is 0. The highest BCUT2D eigenvalue weighted by atomic mass is 32.1. The van der Waals surface area contributed by atoms with Gasteiger partial charge in [0.25, 0.3) is 0 Å².